The SMILES string of the molecule is COc1ccc(C2CC(=N[C@@H](C)c3ccccc3)c3c(O)cc(OCc4ccccc4)cc3O2)cc1O. The summed E-state index contributed by atoms with van der Waals surface area (Å²) in [7, 11) is 1.51. The van der Waals surface area contributed by atoms with Gasteiger partial charge in [0.25, 0.3) is 0 Å². The zero-order chi connectivity index (χ0) is 25.8. The Labute approximate surface area is 216 Å². The van der Waals surface area contributed by atoms with Crippen LogP contribution < -0.4 is 14.2 Å². The van der Waals surface area contributed by atoms with Crippen molar-refractivity contribution in [3.8, 4) is 28.7 Å². The van der Waals surface area contributed by atoms with E-state index in [9.17, 15) is 10.2 Å². The molecule has 1 heterocycles. The molecule has 2 N–H and O–H groups in total. The molecule has 4 aromatic rings. The van der Waals surface area contributed by atoms with Gasteiger partial charge in [0, 0.05) is 18.6 Å². The number of aromatic hydroxyl groups is 2. The minimum Gasteiger partial charge on any atom is -0.507 e. The molecule has 0 aromatic heterocycles. The van der Waals surface area contributed by atoms with Crippen molar-refractivity contribution in [1.29, 1.82) is 0 Å². The van der Waals surface area contributed by atoms with Gasteiger partial charge in [-0.1, -0.05) is 66.7 Å². The fraction of sp³-hybridized carbons (Fsp3) is 0.194. The number of phenols is 2. The van der Waals surface area contributed by atoms with Gasteiger partial charge in [-0.15, -0.1) is 0 Å². The highest BCUT2D eigenvalue weighted by Crippen LogP contribution is 2.44. The van der Waals surface area contributed by atoms with E-state index in [0.717, 1.165) is 22.4 Å². The summed E-state index contributed by atoms with van der Waals surface area (Å²) < 4.78 is 17.5. The first-order valence-electron chi connectivity index (χ1n) is 12.2. The summed E-state index contributed by atoms with van der Waals surface area (Å²) in [5.41, 5.74) is 4.16. The van der Waals surface area contributed by atoms with Gasteiger partial charge in [-0.25, -0.2) is 0 Å². The molecule has 1 unspecified atom stereocenters. The van der Waals surface area contributed by atoms with E-state index in [1.54, 1.807) is 24.3 Å². The van der Waals surface area contributed by atoms with Gasteiger partial charge in [-0.05, 0) is 35.7 Å². The topological polar surface area (TPSA) is 80.5 Å². The van der Waals surface area contributed by atoms with E-state index in [1.165, 1.54) is 7.11 Å². The molecule has 6 nitrogen and oxygen atoms in total. The maximum Gasteiger partial charge on any atom is 0.160 e. The number of hydrogen-bond donors (Lipinski definition) is 2. The summed E-state index contributed by atoms with van der Waals surface area (Å²) in [6.07, 6.45) is 0.00285. The Balaban J connectivity index is 1.52. The van der Waals surface area contributed by atoms with Crippen LogP contribution in [-0.4, -0.2) is 23.0 Å². The van der Waals surface area contributed by atoms with Crippen molar-refractivity contribution in [3.63, 3.8) is 0 Å². The average molecular weight is 496 g/mol. The van der Waals surface area contributed by atoms with Gasteiger partial charge in [0.15, 0.2) is 11.5 Å². The van der Waals surface area contributed by atoms with Crippen LogP contribution in [0.15, 0.2) is 96.0 Å². The number of rotatable bonds is 7. The van der Waals surface area contributed by atoms with E-state index in [4.69, 9.17) is 19.2 Å². The first-order valence-corrected chi connectivity index (χ1v) is 12.2. The largest absolute Gasteiger partial charge is 0.507 e. The van der Waals surface area contributed by atoms with Crippen molar-refractivity contribution in [3.05, 3.63) is 113 Å². The third kappa shape index (κ3) is 5.38. The lowest BCUT2D eigenvalue weighted by Gasteiger charge is -2.29. The number of benzene rings is 4. The van der Waals surface area contributed by atoms with E-state index in [2.05, 4.69) is 0 Å². The molecule has 5 rings (SSSR count). The van der Waals surface area contributed by atoms with Crippen molar-refractivity contribution in [2.75, 3.05) is 7.11 Å². The minimum atomic E-state index is -0.421. The van der Waals surface area contributed by atoms with Gasteiger partial charge in [-0.3, -0.25) is 4.99 Å². The molecular formula is C31H29NO5. The molecule has 2 atom stereocenters. The molecule has 37 heavy (non-hydrogen) atoms. The number of nitrogens with zero attached hydrogens (tertiary/aromatic N) is 1. The highest BCUT2D eigenvalue weighted by molar-refractivity contribution is 6.06. The fourth-order valence-corrected chi connectivity index (χ4v) is 4.51. The molecule has 0 saturated carbocycles. The molecular weight excluding hydrogens is 466 g/mol. The molecule has 1 aliphatic rings. The quantitative estimate of drug-likeness (QED) is 0.296. The van der Waals surface area contributed by atoms with E-state index < -0.39 is 6.10 Å². The molecule has 0 amide bonds. The standard InChI is InChI=1S/C31H29NO5/c1-20(22-11-7-4-8-12-22)32-25-18-29(23-13-14-28(35-2)26(33)15-23)37-30-17-24(16-27(34)31(25)30)36-19-21-9-5-3-6-10-21/h3-17,20,29,33-34H,18-19H2,1-2H3/t20-,29?/m0/s1. The van der Waals surface area contributed by atoms with Gasteiger partial charge in [0.05, 0.1) is 24.4 Å². The van der Waals surface area contributed by atoms with E-state index in [1.807, 2.05) is 73.7 Å². The lowest BCUT2D eigenvalue weighted by atomic mass is 9.94. The van der Waals surface area contributed by atoms with Crippen molar-refractivity contribution >= 4 is 5.71 Å². The van der Waals surface area contributed by atoms with Gasteiger partial charge in [0.1, 0.15) is 30.0 Å². The number of hydrogen-bond acceptors (Lipinski definition) is 6. The van der Waals surface area contributed by atoms with Crippen LogP contribution in [0.1, 0.15) is 47.7 Å². The van der Waals surface area contributed by atoms with Gasteiger partial charge < -0.3 is 24.4 Å². The Bertz CT molecular complexity index is 1400. The summed E-state index contributed by atoms with van der Waals surface area (Å²) >= 11 is 0. The van der Waals surface area contributed by atoms with Crippen LogP contribution in [0.25, 0.3) is 0 Å². The Hall–Kier alpha value is -4.45. The number of phenolic OH excluding ortho intramolecular Hbond substituents is 2. The number of ether oxygens (including phenoxy) is 3. The second-order valence-corrected chi connectivity index (χ2v) is 8.99. The average Bonchev–Trinajstić information content (AvgIpc) is 2.92. The first kappa shape index (κ1) is 24.3. The van der Waals surface area contributed by atoms with Crippen molar-refractivity contribution < 1.29 is 24.4 Å². The first-order chi connectivity index (χ1) is 18.0. The normalized spacial score (nSPS) is 16.5. The zero-order valence-electron chi connectivity index (χ0n) is 20.8. The van der Waals surface area contributed by atoms with Crippen LogP contribution in [0.2, 0.25) is 0 Å². The lowest BCUT2D eigenvalue weighted by Crippen LogP contribution is -2.22. The summed E-state index contributed by atoms with van der Waals surface area (Å²) in [6, 6.07) is 28.3. The van der Waals surface area contributed by atoms with Crippen LogP contribution in [0.3, 0.4) is 0 Å². The Morgan fingerprint density at radius 1 is 0.919 bits per heavy atom. The third-order valence-corrected chi connectivity index (χ3v) is 6.45. The monoisotopic (exact) mass is 495 g/mol. The Morgan fingerprint density at radius 3 is 2.35 bits per heavy atom. The molecule has 0 bridgehead atoms. The summed E-state index contributed by atoms with van der Waals surface area (Å²) in [5.74, 6) is 1.45. The highest BCUT2D eigenvalue weighted by Gasteiger charge is 2.30. The zero-order valence-corrected chi connectivity index (χ0v) is 20.8. The van der Waals surface area contributed by atoms with Crippen LogP contribution >= 0.6 is 0 Å². The van der Waals surface area contributed by atoms with Crippen molar-refractivity contribution in [2.24, 2.45) is 4.99 Å². The summed E-state index contributed by atoms with van der Waals surface area (Å²) in [6.45, 7) is 2.39. The Kier molecular flexibility index (Phi) is 6.99. The predicted octanol–water partition coefficient (Wildman–Crippen LogP) is 6.76. The van der Waals surface area contributed by atoms with Crippen LogP contribution in [-0.2, 0) is 6.61 Å². The summed E-state index contributed by atoms with van der Waals surface area (Å²) in [4.78, 5) is 5.01. The fourth-order valence-electron chi connectivity index (χ4n) is 4.51. The van der Waals surface area contributed by atoms with Crippen LogP contribution in [0, 0.1) is 0 Å². The molecule has 0 fully saturated rings. The maximum absolute atomic E-state index is 11.1. The molecule has 1 aliphatic heterocycles. The molecule has 4 aromatic carbocycles. The third-order valence-electron chi connectivity index (χ3n) is 6.45. The highest BCUT2D eigenvalue weighted by atomic mass is 16.5. The van der Waals surface area contributed by atoms with Crippen LogP contribution in [0.5, 0.6) is 28.7 Å². The molecule has 0 saturated heterocycles. The molecule has 0 aliphatic carbocycles. The molecule has 0 spiro atoms. The Morgan fingerprint density at radius 2 is 1.65 bits per heavy atom. The predicted molar refractivity (Wildman–Crippen MR) is 143 cm³/mol. The number of fused-ring (bicyclic) bond motifs is 1. The molecule has 188 valence electrons. The second kappa shape index (κ2) is 10.7. The van der Waals surface area contributed by atoms with Gasteiger partial charge >= 0.3 is 0 Å². The minimum absolute atomic E-state index is 0.0355. The van der Waals surface area contributed by atoms with E-state index >= 15 is 0 Å². The maximum atomic E-state index is 11.1. The van der Waals surface area contributed by atoms with Crippen LogP contribution in [0.4, 0.5) is 0 Å². The van der Waals surface area contributed by atoms with E-state index in [0.29, 0.717) is 35.8 Å². The van der Waals surface area contributed by atoms with Gasteiger partial charge in [0.2, 0.25) is 0 Å². The number of aliphatic imine (C=N–C) groups is 1. The smallest absolute Gasteiger partial charge is 0.160 e. The van der Waals surface area contributed by atoms with Gasteiger partial charge in [-0.2, -0.15) is 0 Å². The molecule has 6 heteroatoms. The lowest BCUT2D eigenvalue weighted by molar-refractivity contribution is 0.202. The van der Waals surface area contributed by atoms with E-state index in [-0.39, 0.29) is 17.5 Å². The second-order valence-electron chi connectivity index (χ2n) is 8.99. The van der Waals surface area contributed by atoms with Crippen molar-refractivity contribution in [1.82, 2.24) is 0 Å². The number of methoxy groups -OCH3 is 1. The summed E-state index contributed by atoms with van der Waals surface area (Å²) in [5, 5.41) is 21.4. The van der Waals surface area contributed by atoms with Crippen molar-refractivity contribution in [2.45, 2.75) is 32.1 Å². The molecule has 0 radical (unpaired) electrons.